The molecule has 3 nitrogen and oxygen atoms in total. The van der Waals surface area contributed by atoms with Gasteiger partial charge in [-0.3, -0.25) is 4.79 Å². The number of hydrogen-bond donors (Lipinski definition) is 0. The van der Waals surface area contributed by atoms with Crippen LogP contribution in [0.2, 0.25) is 0 Å². The Kier molecular flexibility index (Phi) is 2.57. The molecule has 4 heteroatoms. The summed E-state index contributed by atoms with van der Waals surface area (Å²) in [5, 5.41) is -0.447. The van der Waals surface area contributed by atoms with Crippen LogP contribution < -0.4 is 9.47 Å². The summed E-state index contributed by atoms with van der Waals surface area (Å²) in [6, 6.07) is 3.51. The standard InChI is InChI=1S/C11H11ClO3/c1-14-9-4-6-3-8(12)11(13)7(6)5-10(9)15-2/h4-5,8H,3H2,1-2H3. The highest BCUT2D eigenvalue weighted by molar-refractivity contribution is 6.35. The van der Waals surface area contributed by atoms with E-state index in [0.29, 0.717) is 23.5 Å². The van der Waals surface area contributed by atoms with Crippen LogP contribution in [0.3, 0.4) is 0 Å². The number of halogens is 1. The second-order valence-corrected chi connectivity index (χ2v) is 3.93. The van der Waals surface area contributed by atoms with Gasteiger partial charge in [-0.05, 0) is 24.1 Å². The number of carbonyl (C=O) groups is 1. The lowest BCUT2D eigenvalue weighted by molar-refractivity contribution is 0.0998. The summed E-state index contributed by atoms with van der Waals surface area (Å²) in [5.41, 5.74) is 1.57. The highest BCUT2D eigenvalue weighted by Gasteiger charge is 2.30. The van der Waals surface area contributed by atoms with Gasteiger partial charge in [-0.2, -0.15) is 0 Å². The molecule has 1 aliphatic rings. The van der Waals surface area contributed by atoms with E-state index >= 15 is 0 Å². The number of Topliss-reactive ketones (excluding diaryl/α,β-unsaturated/α-hetero) is 1. The highest BCUT2D eigenvalue weighted by atomic mass is 35.5. The first-order valence-corrected chi connectivity index (χ1v) is 5.04. The summed E-state index contributed by atoms with van der Waals surface area (Å²) in [5.74, 6) is 1.16. The summed E-state index contributed by atoms with van der Waals surface area (Å²) in [4.78, 5) is 11.6. The van der Waals surface area contributed by atoms with Crippen molar-refractivity contribution in [1.82, 2.24) is 0 Å². The minimum atomic E-state index is -0.447. The number of benzene rings is 1. The first-order valence-electron chi connectivity index (χ1n) is 4.60. The van der Waals surface area contributed by atoms with E-state index in [2.05, 4.69) is 0 Å². The molecule has 0 radical (unpaired) electrons. The van der Waals surface area contributed by atoms with E-state index in [1.54, 1.807) is 20.3 Å². The smallest absolute Gasteiger partial charge is 0.181 e. The average Bonchev–Trinajstić information content (AvgIpc) is 2.53. The number of alkyl halides is 1. The number of carbonyl (C=O) groups excluding carboxylic acids is 1. The normalized spacial score (nSPS) is 18.9. The van der Waals surface area contributed by atoms with Crippen LogP contribution >= 0.6 is 11.6 Å². The summed E-state index contributed by atoms with van der Waals surface area (Å²) < 4.78 is 10.3. The molecule has 0 amide bonds. The Bertz CT molecular complexity index is 415. The molecule has 1 aromatic carbocycles. The largest absolute Gasteiger partial charge is 0.493 e. The molecule has 1 unspecified atom stereocenters. The Morgan fingerprint density at radius 3 is 2.47 bits per heavy atom. The number of ether oxygens (including phenoxy) is 2. The van der Waals surface area contributed by atoms with Crippen molar-refractivity contribution in [2.45, 2.75) is 11.8 Å². The van der Waals surface area contributed by atoms with Crippen molar-refractivity contribution < 1.29 is 14.3 Å². The second kappa shape index (κ2) is 3.74. The van der Waals surface area contributed by atoms with Gasteiger partial charge in [-0.1, -0.05) is 0 Å². The van der Waals surface area contributed by atoms with Crippen molar-refractivity contribution >= 4 is 17.4 Å². The molecule has 0 spiro atoms. The number of hydrogen-bond acceptors (Lipinski definition) is 3. The quantitative estimate of drug-likeness (QED) is 0.724. The molecule has 0 bridgehead atoms. The zero-order chi connectivity index (χ0) is 11.0. The van der Waals surface area contributed by atoms with Crippen LogP contribution in [0.1, 0.15) is 15.9 Å². The van der Waals surface area contributed by atoms with Crippen LogP contribution in [0.5, 0.6) is 11.5 Å². The summed E-state index contributed by atoms with van der Waals surface area (Å²) in [6.45, 7) is 0. The van der Waals surface area contributed by atoms with Gasteiger partial charge in [0.15, 0.2) is 17.3 Å². The molecule has 2 rings (SSSR count). The van der Waals surface area contributed by atoms with Crippen molar-refractivity contribution in [2.24, 2.45) is 0 Å². The number of ketones is 1. The third-order valence-electron chi connectivity index (χ3n) is 2.56. The minimum Gasteiger partial charge on any atom is -0.493 e. The highest BCUT2D eigenvalue weighted by Crippen LogP contribution is 2.35. The Hall–Kier alpha value is -1.22. The number of rotatable bonds is 2. The van der Waals surface area contributed by atoms with Crippen molar-refractivity contribution in [1.29, 1.82) is 0 Å². The van der Waals surface area contributed by atoms with Gasteiger partial charge in [0.1, 0.15) is 5.38 Å². The van der Waals surface area contributed by atoms with Gasteiger partial charge in [0.25, 0.3) is 0 Å². The van der Waals surface area contributed by atoms with E-state index in [1.165, 1.54) is 0 Å². The molecule has 15 heavy (non-hydrogen) atoms. The minimum absolute atomic E-state index is 0.0346. The molecule has 0 aliphatic heterocycles. The summed E-state index contributed by atoms with van der Waals surface area (Å²) in [7, 11) is 3.11. The first-order chi connectivity index (χ1) is 7.17. The molecular weight excluding hydrogens is 216 g/mol. The molecular formula is C11H11ClO3. The van der Waals surface area contributed by atoms with Gasteiger partial charge < -0.3 is 9.47 Å². The maximum atomic E-state index is 11.6. The number of methoxy groups -OCH3 is 2. The van der Waals surface area contributed by atoms with Crippen LogP contribution in [0.25, 0.3) is 0 Å². The van der Waals surface area contributed by atoms with Gasteiger partial charge >= 0.3 is 0 Å². The predicted molar refractivity (Wildman–Crippen MR) is 57.2 cm³/mol. The van der Waals surface area contributed by atoms with Crippen LogP contribution in [0.4, 0.5) is 0 Å². The topological polar surface area (TPSA) is 35.5 Å². The Balaban J connectivity index is 2.53. The fourth-order valence-corrected chi connectivity index (χ4v) is 2.06. The molecule has 0 N–H and O–H groups in total. The van der Waals surface area contributed by atoms with E-state index in [4.69, 9.17) is 21.1 Å². The average molecular weight is 227 g/mol. The zero-order valence-corrected chi connectivity index (χ0v) is 9.30. The molecule has 0 aromatic heterocycles. The molecule has 0 saturated carbocycles. The van der Waals surface area contributed by atoms with Crippen molar-refractivity contribution in [3.05, 3.63) is 23.3 Å². The van der Waals surface area contributed by atoms with E-state index < -0.39 is 5.38 Å². The van der Waals surface area contributed by atoms with Crippen molar-refractivity contribution in [2.75, 3.05) is 14.2 Å². The van der Waals surface area contributed by atoms with Gasteiger partial charge in [-0.15, -0.1) is 11.6 Å². The second-order valence-electron chi connectivity index (χ2n) is 3.40. The SMILES string of the molecule is COc1cc2c(cc1OC)C(=O)C(Cl)C2. The fraction of sp³-hybridized carbons (Fsp3) is 0.364. The molecule has 1 atom stereocenters. The molecule has 1 aromatic rings. The maximum Gasteiger partial charge on any atom is 0.181 e. The van der Waals surface area contributed by atoms with E-state index in [1.807, 2.05) is 6.07 Å². The maximum absolute atomic E-state index is 11.6. The lowest BCUT2D eigenvalue weighted by Crippen LogP contribution is -2.06. The van der Waals surface area contributed by atoms with E-state index in [9.17, 15) is 4.79 Å². The molecule has 1 aliphatic carbocycles. The predicted octanol–water partition coefficient (Wildman–Crippen LogP) is 2.05. The van der Waals surface area contributed by atoms with E-state index in [0.717, 1.165) is 5.56 Å². The molecule has 0 fully saturated rings. The van der Waals surface area contributed by atoms with Crippen LogP contribution in [-0.2, 0) is 6.42 Å². The third-order valence-corrected chi connectivity index (χ3v) is 2.91. The fourth-order valence-electron chi connectivity index (χ4n) is 1.77. The Morgan fingerprint density at radius 2 is 1.87 bits per heavy atom. The molecule has 0 heterocycles. The Morgan fingerprint density at radius 1 is 1.27 bits per heavy atom. The Labute approximate surface area is 92.9 Å². The number of fused-ring (bicyclic) bond motifs is 1. The lowest BCUT2D eigenvalue weighted by Gasteiger charge is -2.09. The summed E-state index contributed by atoms with van der Waals surface area (Å²) in [6.07, 6.45) is 0.566. The van der Waals surface area contributed by atoms with Gasteiger partial charge in [0.2, 0.25) is 0 Å². The van der Waals surface area contributed by atoms with Crippen LogP contribution in [0, 0.1) is 0 Å². The van der Waals surface area contributed by atoms with Crippen molar-refractivity contribution in [3.8, 4) is 11.5 Å². The van der Waals surface area contributed by atoms with Crippen LogP contribution in [0.15, 0.2) is 12.1 Å². The monoisotopic (exact) mass is 226 g/mol. The third kappa shape index (κ3) is 1.57. The van der Waals surface area contributed by atoms with Gasteiger partial charge in [0, 0.05) is 5.56 Å². The van der Waals surface area contributed by atoms with Gasteiger partial charge in [-0.25, -0.2) is 0 Å². The first kappa shape index (κ1) is 10.3. The van der Waals surface area contributed by atoms with Gasteiger partial charge in [0.05, 0.1) is 14.2 Å². The van der Waals surface area contributed by atoms with E-state index in [-0.39, 0.29) is 5.78 Å². The molecule has 0 saturated heterocycles. The van der Waals surface area contributed by atoms with Crippen LogP contribution in [-0.4, -0.2) is 25.4 Å². The lowest BCUT2D eigenvalue weighted by atomic mass is 10.1. The molecule has 80 valence electrons. The zero-order valence-electron chi connectivity index (χ0n) is 8.54. The summed E-state index contributed by atoms with van der Waals surface area (Å²) >= 11 is 5.89. The van der Waals surface area contributed by atoms with Crippen molar-refractivity contribution in [3.63, 3.8) is 0 Å².